The Morgan fingerprint density at radius 2 is 1.93 bits per heavy atom. The van der Waals surface area contributed by atoms with E-state index < -0.39 is 17.5 Å². The van der Waals surface area contributed by atoms with Crippen LogP contribution in [-0.4, -0.2) is 35.8 Å². The highest BCUT2D eigenvalue weighted by atomic mass is 32.2. The Morgan fingerprint density at radius 1 is 1.30 bits per heavy atom. The zero-order valence-electron chi connectivity index (χ0n) is 15.9. The Labute approximate surface area is 162 Å². The number of thioether (sulfide) groups is 1. The number of alkyl halides is 3. The monoisotopic (exact) mass is 399 g/mol. The molecule has 0 aliphatic heterocycles. The molecule has 0 spiro atoms. The van der Waals surface area contributed by atoms with Gasteiger partial charge in [0.05, 0.1) is 11.1 Å². The van der Waals surface area contributed by atoms with Crippen molar-refractivity contribution >= 4 is 23.3 Å². The van der Waals surface area contributed by atoms with Crippen LogP contribution in [-0.2, 0) is 11.0 Å². The number of hydrogen-bond donors (Lipinski definition) is 0. The molecule has 1 aliphatic rings. The van der Waals surface area contributed by atoms with Crippen LogP contribution in [0.5, 0.6) is 0 Å². The van der Waals surface area contributed by atoms with Gasteiger partial charge in [-0.2, -0.15) is 13.2 Å². The molecule has 1 unspecified atom stereocenters. The van der Waals surface area contributed by atoms with Crippen LogP contribution < -0.4 is 0 Å². The number of allylic oxidation sites excluding steroid dienone is 1. The first-order valence-corrected chi connectivity index (χ1v) is 9.77. The molecule has 0 saturated heterocycles. The lowest BCUT2D eigenvalue weighted by Crippen LogP contribution is -2.19. The predicted octanol–water partition coefficient (Wildman–Crippen LogP) is 5.20. The van der Waals surface area contributed by atoms with Gasteiger partial charge in [0.25, 0.3) is 0 Å². The third-order valence-corrected chi connectivity index (χ3v) is 5.63. The third-order valence-electron chi connectivity index (χ3n) is 4.30. The van der Waals surface area contributed by atoms with Gasteiger partial charge in [-0.25, -0.2) is 0 Å². The molecule has 3 nitrogen and oxygen atoms in total. The summed E-state index contributed by atoms with van der Waals surface area (Å²) < 4.78 is 39.4. The van der Waals surface area contributed by atoms with Crippen LogP contribution in [0.25, 0.3) is 0 Å². The summed E-state index contributed by atoms with van der Waals surface area (Å²) in [5.41, 5.74) is -0.611. The van der Waals surface area contributed by atoms with Crippen molar-refractivity contribution in [3.05, 3.63) is 41.1 Å². The van der Waals surface area contributed by atoms with Crippen molar-refractivity contribution in [1.82, 2.24) is 4.90 Å². The van der Waals surface area contributed by atoms with Gasteiger partial charge in [0, 0.05) is 41.9 Å². The summed E-state index contributed by atoms with van der Waals surface area (Å²) >= 11 is 1.23. The minimum Gasteiger partial charge on any atom is -0.383 e. The Balaban J connectivity index is 2.49. The van der Waals surface area contributed by atoms with Crippen LogP contribution in [0.3, 0.4) is 0 Å². The number of halogens is 3. The van der Waals surface area contributed by atoms with Crippen molar-refractivity contribution in [2.45, 2.75) is 49.4 Å². The van der Waals surface area contributed by atoms with Crippen LogP contribution in [0.2, 0.25) is 0 Å². The van der Waals surface area contributed by atoms with Gasteiger partial charge in [-0.1, -0.05) is 13.8 Å². The fourth-order valence-corrected chi connectivity index (χ4v) is 3.57. The molecule has 0 N–H and O–H groups in total. The Morgan fingerprint density at radius 3 is 2.41 bits per heavy atom. The lowest BCUT2D eigenvalue weighted by molar-refractivity contribution is -0.137. The van der Waals surface area contributed by atoms with Gasteiger partial charge in [0.2, 0.25) is 0 Å². The first kappa shape index (κ1) is 21.5. The molecule has 1 saturated carbocycles. The first-order valence-electron chi connectivity index (χ1n) is 8.89. The molecule has 2 rings (SSSR count). The van der Waals surface area contributed by atoms with Crippen LogP contribution in [0.4, 0.5) is 13.2 Å². The first-order chi connectivity index (χ1) is 12.5. The van der Waals surface area contributed by atoms with Crippen LogP contribution in [0, 0.1) is 5.92 Å². The van der Waals surface area contributed by atoms with Crippen molar-refractivity contribution in [1.29, 1.82) is 0 Å². The van der Waals surface area contributed by atoms with E-state index in [0.29, 0.717) is 0 Å². The summed E-state index contributed by atoms with van der Waals surface area (Å²) in [7, 11) is 3.41. The van der Waals surface area contributed by atoms with Gasteiger partial charge in [-0.15, -0.1) is 11.8 Å². The summed E-state index contributed by atoms with van der Waals surface area (Å²) in [4.78, 5) is 27.5. The molecule has 148 valence electrons. The summed E-state index contributed by atoms with van der Waals surface area (Å²) in [6.45, 7) is 3.83. The van der Waals surface area contributed by atoms with Gasteiger partial charge in [-0.05, 0) is 37.5 Å². The van der Waals surface area contributed by atoms with E-state index in [1.54, 1.807) is 19.0 Å². The number of carbonyl (C=O) groups is 2. The van der Waals surface area contributed by atoms with Gasteiger partial charge in [0.1, 0.15) is 0 Å². The van der Waals surface area contributed by atoms with Gasteiger partial charge in [-0.3, -0.25) is 9.59 Å². The van der Waals surface area contributed by atoms with Crippen molar-refractivity contribution in [2.24, 2.45) is 5.92 Å². The van der Waals surface area contributed by atoms with E-state index in [-0.39, 0.29) is 33.0 Å². The van der Waals surface area contributed by atoms with E-state index in [0.717, 1.165) is 31.4 Å². The molecule has 0 heterocycles. The quantitative estimate of drug-likeness (QED) is 0.198. The lowest BCUT2D eigenvalue weighted by atomic mass is 9.97. The molecular formula is C20H24F3NO2S. The summed E-state index contributed by atoms with van der Waals surface area (Å²) in [5.74, 6) is -0.895. The van der Waals surface area contributed by atoms with Crippen LogP contribution in [0.1, 0.15) is 49.0 Å². The molecule has 0 bridgehead atoms. The molecule has 7 heteroatoms. The standard InChI is InChI=1S/C20H24F3NO2S/c1-5-12(2)27-17-10-14(20(21,22)23)8-9-15(17)19(26)16(11-24(3)4)18(25)13-6-7-13/h8-13H,5-7H2,1-4H3. The van der Waals surface area contributed by atoms with E-state index in [9.17, 15) is 22.8 Å². The fourth-order valence-electron chi connectivity index (χ4n) is 2.49. The van der Waals surface area contributed by atoms with E-state index in [1.807, 2.05) is 13.8 Å². The van der Waals surface area contributed by atoms with E-state index >= 15 is 0 Å². The van der Waals surface area contributed by atoms with Crippen LogP contribution in [0.15, 0.2) is 34.9 Å². The second-order valence-electron chi connectivity index (χ2n) is 7.02. The average Bonchev–Trinajstić information content (AvgIpc) is 3.42. The molecule has 0 aromatic heterocycles. The predicted molar refractivity (Wildman–Crippen MR) is 101 cm³/mol. The van der Waals surface area contributed by atoms with E-state index in [4.69, 9.17) is 0 Å². The highest BCUT2D eigenvalue weighted by Gasteiger charge is 2.36. The topological polar surface area (TPSA) is 37.4 Å². The maximum atomic E-state index is 13.1. The normalized spacial score (nSPS) is 16.2. The summed E-state index contributed by atoms with van der Waals surface area (Å²) in [5, 5.41) is 0.0421. The highest BCUT2D eigenvalue weighted by Crippen LogP contribution is 2.38. The minimum atomic E-state index is -4.49. The van der Waals surface area contributed by atoms with E-state index in [2.05, 4.69) is 0 Å². The van der Waals surface area contributed by atoms with Crippen molar-refractivity contribution in [3.63, 3.8) is 0 Å². The SMILES string of the molecule is CCC(C)Sc1cc(C(F)(F)F)ccc1C(=O)C(=CN(C)C)C(=O)C1CC1. The lowest BCUT2D eigenvalue weighted by Gasteiger charge is -2.17. The average molecular weight is 399 g/mol. The Hall–Kier alpha value is -1.76. The van der Waals surface area contributed by atoms with Gasteiger partial charge < -0.3 is 4.90 Å². The summed E-state index contributed by atoms with van der Waals surface area (Å²) in [6, 6.07) is 3.11. The third kappa shape index (κ3) is 5.61. The fraction of sp³-hybridized carbons (Fsp3) is 0.500. The molecule has 1 fully saturated rings. The Kier molecular flexibility index (Phi) is 6.78. The minimum absolute atomic E-state index is 0.0354. The summed E-state index contributed by atoms with van der Waals surface area (Å²) in [6.07, 6.45) is -0.774. The second-order valence-corrected chi connectivity index (χ2v) is 8.50. The zero-order chi connectivity index (χ0) is 20.4. The van der Waals surface area contributed by atoms with Gasteiger partial charge >= 0.3 is 6.18 Å². The largest absolute Gasteiger partial charge is 0.416 e. The molecule has 1 atom stereocenters. The van der Waals surface area contributed by atoms with Crippen molar-refractivity contribution < 1.29 is 22.8 Å². The molecule has 1 aromatic carbocycles. The molecule has 1 aromatic rings. The second kappa shape index (κ2) is 8.50. The molecule has 1 aliphatic carbocycles. The number of hydrogen-bond acceptors (Lipinski definition) is 4. The van der Waals surface area contributed by atoms with Crippen molar-refractivity contribution in [2.75, 3.05) is 14.1 Å². The number of Topliss-reactive ketones (excluding diaryl/α,β-unsaturated/α-hetero) is 2. The maximum absolute atomic E-state index is 13.1. The molecule has 27 heavy (non-hydrogen) atoms. The van der Waals surface area contributed by atoms with Gasteiger partial charge in [0.15, 0.2) is 11.6 Å². The molecular weight excluding hydrogens is 375 g/mol. The number of nitrogens with zero attached hydrogens (tertiary/aromatic N) is 1. The Bertz CT molecular complexity index is 752. The number of ketones is 2. The zero-order valence-corrected chi connectivity index (χ0v) is 16.7. The van der Waals surface area contributed by atoms with E-state index in [1.165, 1.54) is 24.0 Å². The maximum Gasteiger partial charge on any atom is 0.416 e. The molecule has 0 radical (unpaired) electrons. The molecule has 0 amide bonds. The number of benzene rings is 1. The van der Waals surface area contributed by atoms with Crippen molar-refractivity contribution in [3.8, 4) is 0 Å². The highest BCUT2D eigenvalue weighted by molar-refractivity contribution is 8.00. The smallest absolute Gasteiger partial charge is 0.383 e. The van der Waals surface area contributed by atoms with Crippen LogP contribution >= 0.6 is 11.8 Å². The number of carbonyl (C=O) groups excluding carboxylic acids is 2. The number of rotatable bonds is 8.